The van der Waals surface area contributed by atoms with Gasteiger partial charge in [0, 0.05) is 196 Å². The molecule has 0 aliphatic carbocycles. The Bertz CT molecular complexity index is 306. The second-order valence-electron chi connectivity index (χ2n) is 1.73. The first-order valence-electron chi connectivity index (χ1n) is 2.53. The first-order valence-corrected chi connectivity index (χ1v) is 3.34. The minimum atomic E-state index is 0. The van der Waals surface area contributed by atoms with Crippen molar-refractivity contribution >= 4 is 16.2 Å². The molecule has 64 valence electrons. The number of thiazole rings is 1. The smallest absolute Gasteiger partial charge is 0 e. The maximum Gasteiger partial charge on any atom is 0 e. The van der Waals surface area contributed by atoms with E-state index >= 15 is 0 Å². The Morgan fingerprint density at radius 1 is 1.07 bits per heavy atom. The minimum absolute atomic E-state index is 0. The second kappa shape index (κ2) is 17.8. The largest absolute Gasteiger partial charge is 0.725 e. The van der Waals surface area contributed by atoms with Gasteiger partial charge in [0.15, 0.2) is 0 Å². The summed E-state index contributed by atoms with van der Waals surface area (Å²) in [5.74, 6) is 0. The van der Waals surface area contributed by atoms with Gasteiger partial charge >= 0.3 is 0 Å². The van der Waals surface area contributed by atoms with Gasteiger partial charge in [0.05, 0.1) is 0 Å². The zero-order chi connectivity index (χ0) is 6.27. The molecule has 0 N–H and O–H groups in total. The van der Waals surface area contributed by atoms with Gasteiger partial charge in [0.1, 0.15) is 0 Å². The summed E-state index contributed by atoms with van der Waals surface area (Å²) in [6.07, 6.45) is 8.52. The summed E-state index contributed by atoms with van der Waals surface area (Å²) < 4.78 is 1.72. The normalized spacial score (nSPS) is 6.47. The quantitative estimate of drug-likeness (QED) is 0.385. The number of imidazole rings is 1. The molecule has 0 unspecified atom stereocenters. The third-order valence-electron chi connectivity index (χ3n) is 1.02. The molecule has 0 bridgehead atoms. The molecule has 9 heteroatoms. The van der Waals surface area contributed by atoms with Gasteiger partial charge in [-0.2, -0.15) is 0 Å². The van der Waals surface area contributed by atoms with E-state index in [0.717, 1.165) is 9.71 Å². The van der Waals surface area contributed by atoms with Gasteiger partial charge < -0.3 is 38.1 Å². The van der Waals surface area contributed by atoms with Crippen LogP contribution in [0.5, 0.6) is 0 Å². The summed E-state index contributed by atoms with van der Waals surface area (Å²) in [6.45, 7) is 2.00. The predicted molar refractivity (Wildman–Crippen MR) is 34.3 cm³/mol. The average molecular weight is 669 g/mol. The fourth-order valence-electron chi connectivity index (χ4n) is 0.688. The van der Waals surface area contributed by atoms with Crippen LogP contribution in [0.1, 0.15) is 4.88 Å². The Morgan fingerprint density at radius 3 is 2.07 bits per heavy atom. The molecule has 0 atom stereocenters. The van der Waals surface area contributed by atoms with Crippen molar-refractivity contribution in [2.24, 2.45) is 0 Å². The zero-order valence-corrected chi connectivity index (χ0v) is 26.1. The summed E-state index contributed by atoms with van der Waals surface area (Å²) in [7, 11) is 0. The van der Waals surface area contributed by atoms with Crippen molar-refractivity contribution in [3.8, 4) is 0 Å². The van der Waals surface area contributed by atoms with Gasteiger partial charge in [-0.3, -0.25) is 6.20 Å². The molecule has 2 nitrogen and oxygen atoms in total. The monoisotopic (exact) mass is 668 g/mol. The number of fused-ring (bicyclic) bond motifs is 1. The van der Waals surface area contributed by atoms with Crippen molar-refractivity contribution in [3.63, 3.8) is 0 Å². The fraction of sp³-hybridized carbons (Fsp3) is 0.167. The number of aromatic nitrogens is 2. The van der Waals surface area contributed by atoms with Crippen molar-refractivity contribution in [2.75, 3.05) is 0 Å². The molecule has 15 heavy (non-hydrogen) atoms. The Morgan fingerprint density at radius 2 is 1.60 bits per heavy atom. The summed E-state index contributed by atoms with van der Waals surface area (Å²) >= 11 is 1.62. The Labute approximate surface area is 245 Å². The topological polar surface area (TPSA) is 17.3 Å². The molecule has 0 saturated carbocycles. The van der Waals surface area contributed by atoms with Crippen LogP contribution in [0.25, 0.3) is 4.83 Å². The minimum Gasteiger partial charge on any atom is -0.725 e. The van der Waals surface area contributed by atoms with E-state index in [1.807, 2.05) is 6.92 Å². The SMILES string of the molecule is Cc1[c-]n2[c-]n[c-]c2s1.[Y].[Y].[Y].[Y].[Y].[Y]. The molecule has 2 aromatic heterocycles. The Balaban J connectivity index is -0.0000000556. The summed E-state index contributed by atoms with van der Waals surface area (Å²) in [5, 5.41) is 0. The molecule has 0 fully saturated rings. The van der Waals surface area contributed by atoms with Crippen LogP contribution in [-0.2, 0) is 196 Å². The number of rotatable bonds is 0. The van der Waals surface area contributed by atoms with E-state index < -0.39 is 0 Å². The molecule has 0 aromatic carbocycles. The van der Waals surface area contributed by atoms with Crippen molar-refractivity contribution < 1.29 is 196 Å². The Hall–Kier alpha value is 5.79. The molecular formula is C6H3N2SY6-3. The van der Waals surface area contributed by atoms with Gasteiger partial charge in [-0.1, -0.05) is 6.92 Å². The van der Waals surface area contributed by atoms with Crippen molar-refractivity contribution in [1.82, 2.24) is 9.38 Å². The molecule has 6 radical (unpaired) electrons. The number of aryl methyl sites for hydroxylation is 1. The predicted octanol–water partition coefficient (Wildman–Crippen LogP) is 1.09. The van der Waals surface area contributed by atoms with Crippen molar-refractivity contribution in [2.45, 2.75) is 6.92 Å². The molecule has 0 saturated heterocycles. The first kappa shape index (κ1) is 32.7. The van der Waals surface area contributed by atoms with Crippen LogP contribution in [0.15, 0.2) is 0 Å². The zero-order valence-electron chi connectivity index (χ0n) is 8.27. The average Bonchev–Trinajstić information content (AvgIpc) is 2.22. The molecule has 2 rings (SSSR count). The van der Waals surface area contributed by atoms with Crippen LogP contribution in [0.4, 0.5) is 0 Å². The van der Waals surface area contributed by atoms with Gasteiger partial charge in [0.25, 0.3) is 0 Å². The number of hydrogen-bond acceptors (Lipinski definition) is 2. The van der Waals surface area contributed by atoms with Gasteiger partial charge in [-0.15, -0.1) is 4.88 Å². The third kappa shape index (κ3) is 11.1. The van der Waals surface area contributed by atoms with E-state index in [1.165, 1.54) is 0 Å². The fourth-order valence-corrected chi connectivity index (χ4v) is 1.38. The van der Waals surface area contributed by atoms with Gasteiger partial charge in [-0.25, -0.2) is 0 Å². The van der Waals surface area contributed by atoms with Crippen molar-refractivity contribution in [3.05, 3.63) is 23.6 Å². The van der Waals surface area contributed by atoms with E-state index in [2.05, 4.69) is 23.7 Å². The first-order chi connectivity index (χ1) is 4.36. The van der Waals surface area contributed by atoms with Crippen LogP contribution in [-0.4, -0.2) is 9.38 Å². The standard InChI is InChI=1S/C6H3N2S.6Y/c1-5-3-8-4-7-2-6(8)9-5;;;;;;/h1H3;;;;;;/q-3;;;;;;. The van der Waals surface area contributed by atoms with E-state index in [9.17, 15) is 0 Å². The molecule has 0 aliphatic heterocycles. The van der Waals surface area contributed by atoms with E-state index in [0.29, 0.717) is 0 Å². The van der Waals surface area contributed by atoms with Gasteiger partial charge in [0.2, 0.25) is 0 Å². The van der Waals surface area contributed by atoms with Crippen LogP contribution in [0.3, 0.4) is 0 Å². The molecule has 2 aromatic rings. The molecular weight excluding hydrogens is 666 g/mol. The third-order valence-corrected chi connectivity index (χ3v) is 1.89. The maximum absolute atomic E-state index is 3.69. The molecule has 0 amide bonds. The van der Waals surface area contributed by atoms with Crippen molar-refractivity contribution in [1.29, 1.82) is 0 Å². The van der Waals surface area contributed by atoms with E-state index in [1.54, 1.807) is 15.7 Å². The van der Waals surface area contributed by atoms with Crippen LogP contribution in [0, 0.1) is 25.6 Å². The second-order valence-corrected chi connectivity index (χ2v) is 2.94. The number of hydrogen-bond donors (Lipinski definition) is 0. The van der Waals surface area contributed by atoms with Crippen LogP contribution in [0.2, 0.25) is 0 Å². The maximum atomic E-state index is 3.69. The number of nitrogens with zero attached hydrogens (tertiary/aromatic N) is 2. The molecule has 0 spiro atoms. The molecule has 2 heterocycles. The van der Waals surface area contributed by atoms with E-state index in [4.69, 9.17) is 0 Å². The van der Waals surface area contributed by atoms with Crippen LogP contribution >= 0.6 is 11.3 Å². The summed E-state index contributed by atoms with van der Waals surface area (Å²) in [6, 6.07) is 0. The van der Waals surface area contributed by atoms with Gasteiger partial charge in [-0.05, 0) is 0 Å². The molecule has 0 aliphatic rings. The van der Waals surface area contributed by atoms with Crippen LogP contribution < -0.4 is 0 Å². The van der Waals surface area contributed by atoms with E-state index in [-0.39, 0.29) is 196 Å². The summed E-state index contributed by atoms with van der Waals surface area (Å²) in [5.41, 5.74) is 0. The Kier molecular flexibility index (Phi) is 38.9. The summed E-state index contributed by atoms with van der Waals surface area (Å²) in [4.78, 5) is 5.81.